The maximum absolute atomic E-state index is 12.4. The van der Waals surface area contributed by atoms with Gasteiger partial charge >= 0.3 is 5.97 Å². The third kappa shape index (κ3) is 6.34. The van der Waals surface area contributed by atoms with Gasteiger partial charge in [0.1, 0.15) is 6.04 Å². The molecule has 0 aliphatic heterocycles. The number of likely N-dealkylation sites (N-methyl/N-ethyl adjacent to an activating group) is 1. The van der Waals surface area contributed by atoms with E-state index in [1.165, 1.54) is 0 Å². The molecule has 0 radical (unpaired) electrons. The molecule has 0 aromatic heterocycles. The number of hydrogen-bond donors (Lipinski definition) is 3. The van der Waals surface area contributed by atoms with Gasteiger partial charge in [0.2, 0.25) is 15.9 Å². The molecule has 1 aromatic rings. The van der Waals surface area contributed by atoms with Crippen LogP contribution < -0.4 is 10.6 Å². The van der Waals surface area contributed by atoms with Crippen molar-refractivity contribution >= 4 is 27.6 Å². The Bertz CT molecular complexity index is 836. The normalized spacial score (nSPS) is 12.3. The maximum atomic E-state index is 12.4. The molecule has 0 spiro atoms. The Morgan fingerprint density at radius 1 is 1.33 bits per heavy atom. The summed E-state index contributed by atoms with van der Waals surface area (Å²) in [6.45, 7) is 4.42. The monoisotopic (exact) mass is 400 g/mol. The molecule has 3 N–H and O–H groups in total. The van der Waals surface area contributed by atoms with Crippen LogP contribution in [0.2, 0.25) is 0 Å². The van der Waals surface area contributed by atoms with Crippen LogP contribution in [0.4, 0.5) is 5.69 Å². The van der Waals surface area contributed by atoms with Crippen LogP contribution in [0, 0.1) is 10.1 Å². The van der Waals surface area contributed by atoms with Crippen LogP contribution in [0.1, 0.15) is 6.92 Å². The summed E-state index contributed by atoms with van der Waals surface area (Å²) in [7, 11) is -2.95. The third-order valence-corrected chi connectivity index (χ3v) is 5.18. The van der Waals surface area contributed by atoms with Gasteiger partial charge in [-0.2, -0.15) is 4.31 Å². The fraction of sp³-hybridized carbons (Fsp3) is 0.333. The molecule has 148 valence electrons. The van der Waals surface area contributed by atoms with Gasteiger partial charge in [-0.25, -0.2) is 13.2 Å². The lowest BCUT2D eigenvalue weighted by molar-refractivity contribution is -0.384. The zero-order valence-electron chi connectivity index (χ0n) is 14.7. The zero-order valence-corrected chi connectivity index (χ0v) is 15.5. The number of benzene rings is 1. The lowest BCUT2D eigenvalue weighted by Gasteiger charge is -2.20. The van der Waals surface area contributed by atoms with Crippen LogP contribution in [0.5, 0.6) is 0 Å². The van der Waals surface area contributed by atoms with E-state index in [0.29, 0.717) is 10.0 Å². The first-order chi connectivity index (χ1) is 12.4. The molecule has 0 heterocycles. The van der Waals surface area contributed by atoms with E-state index in [2.05, 4.69) is 17.2 Å². The van der Waals surface area contributed by atoms with Gasteiger partial charge < -0.3 is 15.7 Å². The second kappa shape index (κ2) is 9.09. The Morgan fingerprint density at radius 2 is 1.89 bits per heavy atom. The summed E-state index contributed by atoms with van der Waals surface area (Å²) in [5.41, 5.74) is 0.233. The molecule has 1 amide bonds. The number of rotatable bonds is 10. The van der Waals surface area contributed by atoms with Gasteiger partial charge in [-0.05, 0) is 19.1 Å². The van der Waals surface area contributed by atoms with E-state index in [0.717, 1.165) is 31.3 Å². The number of nitro benzene ring substituents is 1. The number of nitrogens with one attached hydrogen (secondary N) is 2. The zero-order chi connectivity index (χ0) is 20.8. The third-order valence-electron chi connectivity index (χ3n) is 3.36. The second-order valence-electron chi connectivity index (χ2n) is 5.63. The maximum Gasteiger partial charge on any atom is 0.328 e. The number of non-ortho nitro benzene ring substituents is 1. The number of nitrogens with zero attached hydrogens (tertiary/aromatic N) is 2. The number of carboxylic acids is 1. The minimum absolute atomic E-state index is 0.116. The largest absolute Gasteiger partial charge is 0.480 e. The van der Waals surface area contributed by atoms with Crippen LogP contribution in [-0.2, 0) is 19.6 Å². The number of amides is 1. The van der Waals surface area contributed by atoms with E-state index in [4.69, 9.17) is 5.11 Å². The standard InChI is InChI=1S/C15H20N4O7S/c1-10(2)16-8-13(15(21)22)17-14(20)9-18(3)27(25,26)12-6-4-11(5-7-12)19(23)24/h4-7,13,16H,1,8-9H2,2-3H3,(H,17,20)(H,21,22). The van der Waals surface area contributed by atoms with Gasteiger partial charge in [0, 0.05) is 31.4 Å². The molecule has 0 fully saturated rings. The highest BCUT2D eigenvalue weighted by atomic mass is 32.2. The van der Waals surface area contributed by atoms with E-state index in [1.54, 1.807) is 6.92 Å². The summed E-state index contributed by atoms with van der Waals surface area (Å²) < 4.78 is 25.6. The summed E-state index contributed by atoms with van der Waals surface area (Å²) >= 11 is 0. The average Bonchev–Trinajstić information content (AvgIpc) is 2.58. The molecule has 12 heteroatoms. The topological polar surface area (TPSA) is 159 Å². The van der Waals surface area contributed by atoms with E-state index < -0.39 is 39.4 Å². The summed E-state index contributed by atoms with van der Waals surface area (Å²) in [5, 5.41) is 24.6. The van der Waals surface area contributed by atoms with E-state index in [1.807, 2.05) is 0 Å². The summed E-state index contributed by atoms with van der Waals surface area (Å²) in [4.78, 5) is 32.9. The fourth-order valence-corrected chi connectivity index (χ4v) is 3.05. The Hall–Kier alpha value is -2.99. The molecule has 1 aromatic carbocycles. The molecular weight excluding hydrogens is 380 g/mol. The number of allylic oxidation sites excluding steroid dienone is 1. The van der Waals surface area contributed by atoms with Crippen molar-refractivity contribution in [3.63, 3.8) is 0 Å². The van der Waals surface area contributed by atoms with Crippen LogP contribution in [-0.4, -0.2) is 60.8 Å². The van der Waals surface area contributed by atoms with Crippen molar-refractivity contribution in [3.8, 4) is 0 Å². The van der Waals surface area contributed by atoms with E-state index in [-0.39, 0.29) is 17.1 Å². The summed E-state index contributed by atoms with van der Waals surface area (Å²) in [6, 6.07) is 2.90. The van der Waals surface area contributed by atoms with Gasteiger partial charge in [-0.3, -0.25) is 14.9 Å². The van der Waals surface area contributed by atoms with Crippen molar-refractivity contribution in [1.82, 2.24) is 14.9 Å². The lowest BCUT2D eigenvalue weighted by Crippen LogP contribution is -2.50. The van der Waals surface area contributed by atoms with Crippen LogP contribution in [0.15, 0.2) is 41.4 Å². The Balaban J connectivity index is 2.81. The number of sulfonamides is 1. The molecule has 0 aliphatic carbocycles. The first-order valence-corrected chi connectivity index (χ1v) is 9.01. The van der Waals surface area contributed by atoms with Crippen molar-refractivity contribution in [1.29, 1.82) is 0 Å². The van der Waals surface area contributed by atoms with Crippen LogP contribution >= 0.6 is 0 Å². The Morgan fingerprint density at radius 3 is 2.33 bits per heavy atom. The number of hydrogen-bond acceptors (Lipinski definition) is 7. The lowest BCUT2D eigenvalue weighted by atomic mass is 10.3. The number of nitro groups is 1. The first kappa shape index (κ1) is 22.1. The second-order valence-corrected chi connectivity index (χ2v) is 7.68. The SMILES string of the molecule is C=C(C)NCC(NC(=O)CN(C)S(=O)(=O)c1ccc([N+](=O)[O-])cc1)C(=O)O. The van der Waals surface area contributed by atoms with Crippen molar-refractivity contribution in [2.24, 2.45) is 0 Å². The highest BCUT2D eigenvalue weighted by Crippen LogP contribution is 2.18. The van der Waals surface area contributed by atoms with Gasteiger partial charge in [-0.15, -0.1) is 0 Å². The van der Waals surface area contributed by atoms with Crippen molar-refractivity contribution in [2.75, 3.05) is 20.1 Å². The minimum atomic E-state index is -4.09. The van der Waals surface area contributed by atoms with Crippen molar-refractivity contribution < 1.29 is 28.0 Å². The van der Waals surface area contributed by atoms with Gasteiger partial charge in [0.05, 0.1) is 16.4 Å². The fourth-order valence-electron chi connectivity index (χ4n) is 1.92. The molecule has 0 saturated carbocycles. The molecule has 27 heavy (non-hydrogen) atoms. The number of carbonyl (C=O) groups excluding carboxylic acids is 1. The quantitative estimate of drug-likeness (QED) is 0.363. The van der Waals surface area contributed by atoms with Crippen LogP contribution in [0.3, 0.4) is 0 Å². The first-order valence-electron chi connectivity index (χ1n) is 7.57. The highest BCUT2D eigenvalue weighted by molar-refractivity contribution is 7.89. The van der Waals surface area contributed by atoms with Crippen molar-refractivity contribution in [3.05, 3.63) is 46.7 Å². The molecule has 1 unspecified atom stereocenters. The molecule has 1 rings (SSSR count). The van der Waals surface area contributed by atoms with Gasteiger partial charge in [0.25, 0.3) is 5.69 Å². The average molecular weight is 400 g/mol. The Kier molecular flexibility index (Phi) is 7.43. The number of carbonyl (C=O) groups is 2. The van der Waals surface area contributed by atoms with Crippen LogP contribution in [0.25, 0.3) is 0 Å². The van der Waals surface area contributed by atoms with Crippen molar-refractivity contribution in [2.45, 2.75) is 17.9 Å². The number of aliphatic carboxylic acids is 1. The Labute approximate surface area is 155 Å². The molecule has 1 atom stereocenters. The molecule has 0 bridgehead atoms. The smallest absolute Gasteiger partial charge is 0.328 e. The van der Waals surface area contributed by atoms with E-state index >= 15 is 0 Å². The minimum Gasteiger partial charge on any atom is -0.480 e. The summed E-state index contributed by atoms with van der Waals surface area (Å²) in [6.07, 6.45) is 0. The molecular formula is C15H20N4O7S. The van der Waals surface area contributed by atoms with Gasteiger partial charge in [0.15, 0.2) is 0 Å². The predicted molar refractivity (Wildman–Crippen MR) is 95.3 cm³/mol. The molecule has 0 saturated heterocycles. The number of carboxylic acid groups (broad SMARTS) is 1. The highest BCUT2D eigenvalue weighted by Gasteiger charge is 2.26. The molecule has 0 aliphatic rings. The van der Waals surface area contributed by atoms with Gasteiger partial charge in [-0.1, -0.05) is 6.58 Å². The van der Waals surface area contributed by atoms with E-state index in [9.17, 15) is 28.1 Å². The molecule has 11 nitrogen and oxygen atoms in total. The summed E-state index contributed by atoms with van der Waals surface area (Å²) in [5.74, 6) is -2.11. The predicted octanol–water partition coefficient (Wildman–Crippen LogP) is -0.0921.